The van der Waals surface area contributed by atoms with Crippen LogP contribution in [0.25, 0.3) is 0 Å². The van der Waals surface area contributed by atoms with E-state index in [0.717, 1.165) is 43.4 Å². The first-order valence-electron chi connectivity index (χ1n) is 9.60. The van der Waals surface area contributed by atoms with E-state index in [2.05, 4.69) is 11.4 Å². The van der Waals surface area contributed by atoms with Crippen LogP contribution in [0.15, 0.2) is 29.8 Å². The summed E-state index contributed by atoms with van der Waals surface area (Å²) in [6.45, 7) is 2.83. The second-order valence-corrected chi connectivity index (χ2v) is 9.22. The number of nitrogens with zero attached hydrogens (tertiary/aromatic N) is 1. The summed E-state index contributed by atoms with van der Waals surface area (Å²) < 4.78 is 26.0. The minimum Gasteiger partial charge on any atom is -0.352 e. The van der Waals surface area contributed by atoms with E-state index >= 15 is 0 Å². The third kappa shape index (κ3) is 4.29. The number of amides is 1. The minimum absolute atomic E-state index is 0.0836. The zero-order valence-corrected chi connectivity index (χ0v) is 16.3. The van der Waals surface area contributed by atoms with Crippen LogP contribution in [0, 0.1) is 0 Å². The van der Waals surface area contributed by atoms with E-state index in [4.69, 9.17) is 0 Å². The molecular weight excluding hydrogens is 348 g/mol. The predicted octanol–water partition coefficient (Wildman–Crippen LogP) is 3.41. The van der Waals surface area contributed by atoms with Crippen molar-refractivity contribution in [1.82, 2.24) is 5.32 Å². The van der Waals surface area contributed by atoms with Gasteiger partial charge in [0.1, 0.15) is 0 Å². The lowest BCUT2D eigenvalue weighted by Crippen LogP contribution is -2.36. The highest BCUT2D eigenvalue weighted by atomic mass is 32.2. The van der Waals surface area contributed by atoms with Crippen LogP contribution in [-0.4, -0.2) is 33.2 Å². The number of carbonyl (C=O) groups excluding carboxylic acids is 1. The van der Waals surface area contributed by atoms with Gasteiger partial charge < -0.3 is 5.32 Å². The number of rotatable bonds is 6. The molecule has 0 atom stereocenters. The first kappa shape index (κ1) is 19.0. The molecule has 0 spiro atoms. The molecule has 1 aliphatic carbocycles. The number of anilines is 1. The average molecular weight is 377 g/mol. The van der Waals surface area contributed by atoms with Crippen molar-refractivity contribution in [2.45, 2.75) is 51.9 Å². The molecular formula is C20H28N2O3S. The van der Waals surface area contributed by atoms with Crippen LogP contribution in [0.5, 0.6) is 0 Å². The van der Waals surface area contributed by atoms with Crippen molar-refractivity contribution in [2.24, 2.45) is 0 Å². The van der Waals surface area contributed by atoms with E-state index < -0.39 is 10.0 Å². The lowest BCUT2D eigenvalue weighted by Gasteiger charge is -2.30. The highest BCUT2D eigenvalue weighted by molar-refractivity contribution is 7.92. The maximum Gasteiger partial charge on any atom is 0.251 e. The molecule has 0 bridgehead atoms. The van der Waals surface area contributed by atoms with Crippen LogP contribution in [0.1, 0.15) is 61.4 Å². The van der Waals surface area contributed by atoms with Crippen LogP contribution in [0.2, 0.25) is 0 Å². The topological polar surface area (TPSA) is 66.5 Å². The quantitative estimate of drug-likeness (QED) is 0.774. The lowest BCUT2D eigenvalue weighted by atomic mass is 9.97. The fourth-order valence-corrected chi connectivity index (χ4v) is 4.92. The summed E-state index contributed by atoms with van der Waals surface area (Å²) in [6, 6.07) is 5.36. The summed E-state index contributed by atoms with van der Waals surface area (Å²) >= 11 is 0. The van der Waals surface area contributed by atoms with Crippen LogP contribution in [0.4, 0.5) is 5.69 Å². The number of hydrogen-bond donors (Lipinski definition) is 1. The Labute approximate surface area is 156 Å². The summed E-state index contributed by atoms with van der Waals surface area (Å²) in [6.07, 6.45) is 9.64. The molecule has 5 nitrogen and oxygen atoms in total. The van der Waals surface area contributed by atoms with Crippen LogP contribution in [0.3, 0.4) is 0 Å². The van der Waals surface area contributed by atoms with Gasteiger partial charge in [0.2, 0.25) is 10.0 Å². The maximum absolute atomic E-state index is 12.4. The molecule has 3 rings (SSSR count). The zero-order valence-electron chi connectivity index (χ0n) is 15.5. The summed E-state index contributed by atoms with van der Waals surface area (Å²) in [4.78, 5) is 12.4. The van der Waals surface area contributed by atoms with Gasteiger partial charge in [-0.1, -0.05) is 11.6 Å². The van der Waals surface area contributed by atoms with E-state index in [9.17, 15) is 13.2 Å². The zero-order chi connectivity index (χ0) is 18.6. The summed E-state index contributed by atoms with van der Waals surface area (Å²) in [5.41, 5.74) is 3.72. The average Bonchev–Trinajstić information content (AvgIpc) is 2.67. The molecule has 0 unspecified atom stereocenters. The Morgan fingerprint density at radius 3 is 2.77 bits per heavy atom. The molecule has 1 aliphatic heterocycles. The highest BCUT2D eigenvalue weighted by Gasteiger charge is 2.26. The van der Waals surface area contributed by atoms with E-state index in [0.29, 0.717) is 18.7 Å². The van der Waals surface area contributed by atoms with Gasteiger partial charge >= 0.3 is 0 Å². The van der Waals surface area contributed by atoms with Gasteiger partial charge in [0.25, 0.3) is 5.91 Å². The largest absolute Gasteiger partial charge is 0.352 e. The van der Waals surface area contributed by atoms with Gasteiger partial charge in [-0.05, 0) is 75.6 Å². The molecule has 2 aliphatic rings. The van der Waals surface area contributed by atoms with Crippen molar-refractivity contribution in [3.05, 3.63) is 41.0 Å². The molecule has 1 heterocycles. The Morgan fingerprint density at radius 1 is 1.19 bits per heavy atom. The normalized spacial score (nSPS) is 17.4. The van der Waals surface area contributed by atoms with E-state index in [1.807, 2.05) is 6.07 Å². The second kappa shape index (κ2) is 8.25. The molecule has 26 heavy (non-hydrogen) atoms. The monoisotopic (exact) mass is 376 g/mol. The molecule has 1 N–H and O–H groups in total. The number of carbonyl (C=O) groups is 1. The fourth-order valence-electron chi connectivity index (χ4n) is 3.72. The minimum atomic E-state index is -3.27. The van der Waals surface area contributed by atoms with Gasteiger partial charge in [0.15, 0.2) is 0 Å². The van der Waals surface area contributed by atoms with Gasteiger partial charge in [0, 0.05) is 18.7 Å². The van der Waals surface area contributed by atoms with Crippen LogP contribution in [-0.2, 0) is 16.4 Å². The Kier molecular flexibility index (Phi) is 6.01. The van der Waals surface area contributed by atoms with Gasteiger partial charge in [0.05, 0.1) is 11.4 Å². The molecule has 0 aromatic heterocycles. The molecule has 0 radical (unpaired) electrons. The van der Waals surface area contributed by atoms with Crippen molar-refractivity contribution in [1.29, 1.82) is 0 Å². The second-order valence-electron chi connectivity index (χ2n) is 7.03. The Bertz CT molecular complexity index is 799. The summed E-state index contributed by atoms with van der Waals surface area (Å²) in [5.74, 6) is 0.00420. The Morgan fingerprint density at radius 2 is 2.04 bits per heavy atom. The number of aryl methyl sites for hydroxylation is 1. The number of allylic oxidation sites excluding steroid dienone is 1. The third-order valence-corrected chi connectivity index (χ3v) is 7.02. The predicted molar refractivity (Wildman–Crippen MR) is 105 cm³/mol. The maximum atomic E-state index is 12.4. The van der Waals surface area contributed by atoms with Crippen molar-refractivity contribution in [3.63, 3.8) is 0 Å². The van der Waals surface area contributed by atoms with Gasteiger partial charge in [-0.3, -0.25) is 9.10 Å². The Hall–Kier alpha value is -1.82. The summed E-state index contributed by atoms with van der Waals surface area (Å²) in [5, 5.41) is 2.99. The van der Waals surface area contributed by atoms with Crippen molar-refractivity contribution in [3.8, 4) is 0 Å². The lowest BCUT2D eigenvalue weighted by molar-refractivity contribution is 0.0954. The number of fused-ring (bicyclic) bond motifs is 1. The van der Waals surface area contributed by atoms with Crippen molar-refractivity contribution >= 4 is 21.6 Å². The molecule has 0 fully saturated rings. The van der Waals surface area contributed by atoms with Gasteiger partial charge in [-0.2, -0.15) is 0 Å². The Balaban J connectivity index is 1.66. The van der Waals surface area contributed by atoms with Crippen LogP contribution < -0.4 is 9.62 Å². The summed E-state index contributed by atoms with van der Waals surface area (Å²) in [7, 11) is -3.27. The number of sulfonamides is 1. The molecule has 0 saturated heterocycles. The van der Waals surface area contributed by atoms with E-state index in [1.165, 1.54) is 22.7 Å². The highest BCUT2D eigenvalue weighted by Crippen LogP contribution is 2.30. The van der Waals surface area contributed by atoms with Crippen LogP contribution >= 0.6 is 0 Å². The van der Waals surface area contributed by atoms with E-state index in [-0.39, 0.29) is 11.7 Å². The molecule has 1 aromatic rings. The third-order valence-electron chi connectivity index (χ3n) is 5.23. The number of benzene rings is 1. The molecule has 142 valence electrons. The van der Waals surface area contributed by atoms with E-state index in [1.54, 1.807) is 19.1 Å². The first-order valence-corrected chi connectivity index (χ1v) is 11.2. The SMILES string of the molecule is CCS(=O)(=O)N1CCCc2cc(C(=O)NCCC3=CCCCC3)ccc21. The van der Waals surface area contributed by atoms with Gasteiger partial charge in [-0.25, -0.2) is 8.42 Å². The fraction of sp³-hybridized carbons (Fsp3) is 0.550. The van der Waals surface area contributed by atoms with Gasteiger partial charge in [-0.15, -0.1) is 0 Å². The smallest absolute Gasteiger partial charge is 0.251 e. The van der Waals surface area contributed by atoms with Crippen molar-refractivity contribution < 1.29 is 13.2 Å². The van der Waals surface area contributed by atoms with Crippen molar-refractivity contribution in [2.75, 3.05) is 23.1 Å². The standard InChI is InChI=1S/C20H28N2O3S/c1-2-26(24,25)22-14-6-9-17-15-18(10-11-19(17)22)20(23)21-13-12-16-7-4-3-5-8-16/h7,10-11,15H,2-6,8-9,12-14H2,1H3,(H,21,23). The molecule has 1 aromatic carbocycles. The molecule has 1 amide bonds. The first-order chi connectivity index (χ1) is 12.5. The molecule has 0 saturated carbocycles. The number of hydrogen-bond acceptors (Lipinski definition) is 3. The molecule has 6 heteroatoms. The number of nitrogens with one attached hydrogen (secondary N) is 1.